The maximum atomic E-state index is 12.3. The van der Waals surface area contributed by atoms with Gasteiger partial charge in [0.1, 0.15) is 6.61 Å². The summed E-state index contributed by atoms with van der Waals surface area (Å²) < 4.78 is 10.7. The number of unbranched alkanes of at least 4 members (excludes halogenated alkanes) is 36. The number of hydrogen-bond acceptors (Lipinski definition) is 5. The van der Waals surface area contributed by atoms with Crippen molar-refractivity contribution in [1.29, 1.82) is 0 Å². The highest BCUT2D eigenvalue weighted by Gasteiger charge is 2.16. The van der Waals surface area contributed by atoms with Crippen molar-refractivity contribution in [1.82, 2.24) is 0 Å². The first-order valence-electron chi connectivity index (χ1n) is 25.9. The summed E-state index contributed by atoms with van der Waals surface area (Å²) in [5, 5.41) is 9.63. The van der Waals surface area contributed by atoms with Crippen molar-refractivity contribution in [3.63, 3.8) is 0 Å². The summed E-state index contributed by atoms with van der Waals surface area (Å²) in [6.07, 6.45) is 61.3. The van der Waals surface area contributed by atoms with E-state index in [4.69, 9.17) is 9.47 Å². The fourth-order valence-corrected chi connectivity index (χ4v) is 7.78. The topological polar surface area (TPSA) is 72.8 Å². The van der Waals surface area contributed by atoms with Gasteiger partial charge < -0.3 is 14.6 Å². The first-order chi connectivity index (χ1) is 28.6. The Labute approximate surface area is 362 Å². The van der Waals surface area contributed by atoms with E-state index in [1.165, 1.54) is 218 Å². The Kier molecular flexibility index (Phi) is 48.4. The van der Waals surface area contributed by atoms with Crippen LogP contribution in [-0.2, 0) is 19.1 Å². The smallest absolute Gasteiger partial charge is 0.306 e. The third kappa shape index (κ3) is 47.1. The lowest BCUT2D eigenvalue weighted by Crippen LogP contribution is -2.28. The van der Waals surface area contributed by atoms with Gasteiger partial charge in [0, 0.05) is 12.8 Å². The van der Waals surface area contributed by atoms with Crippen LogP contribution in [0.1, 0.15) is 284 Å². The molecule has 342 valence electrons. The number of ether oxygens (including phenoxy) is 2. The lowest BCUT2D eigenvalue weighted by atomic mass is 10.0. The Balaban J connectivity index is 3.46. The van der Waals surface area contributed by atoms with Crippen molar-refractivity contribution >= 4 is 11.9 Å². The monoisotopic (exact) mass is 817 g/mol. The van der Waals surface area contributed by atoms with Crippen LogP contribution in [0.4, 0.5) is 0 Å². The van der Waals surface area contributed by atoms with Crippen LogP contribution >= 0.6 is 0 Å². The first kappa shape index (κ1) is 56.4. The molecule has 0 heterocycles. The summed E-state index contributed by atoms with van der Waals surface area (Å²) in [7, 11) is 0. The van der Waals surface area contributed by atoms with Crippen LogP contribution < -0.4 is 0 Å². The number of rotatable bonds is 48. The predicted octanol–water partition coefficient (Wildman–Crippen LogP) is 17.0. The largest absolute Gasteiger partial charge is 0.462 e. The van der Waals surface area contributed by atoms with Gasteiger partial charge in [-0.05, 0) is 64.2 Å². The standard InChI is InChI=1S/C53H100O5/c1-3-5-7-9-11-13-15-17-19-21-23-24-25-26-27-28-30-32-34-36-38-40-42-44-46-48-53(56)58-51(49-54)50-57-52(55)47-45-43-41-39-37-35-33-31-29-22-20-18-16-14-12-10-8-6-4-2/h18,20-21,23,51,54H,3-17,19,22,24-50H2,1-2H3/b20-18-,23-21-. The first-order valence-corrected chi connectivity index (χ1v) is 25.9. The summed E-state index contributed by atoms with van der Waals surface area (Å²) in [4.78, 5) is 24.4. The zero-order valence-corrected chi connectivity index (χ0v) is 39.1. The van der Waals surface area contributed by atoms with E-state index >= 15 is 0 Å². The normalized spacial score (nSPS) is 12.3. The molecule has 0 fully saturated rings. The van der Waals surface area contributed by atoms with Crippen LogP contribution in [0.2, 0.25) is 0 Å². The molecule has 5 nitrogen and oxygen atoms in total. The Morgan fingerprint density at radius 2 is 0.638 bits per heavy atom. The molecule has 0 aliphatic carbocycles. The average molecular weight is 817 g/mol. The van der Waals surface area contributed by atoms with Gasteiger partial charge in [0.2, 0.25) is 0 Å². The zero-order chi connectivity index (χ0) is 42.1. The van der Waals surface area contributed by atoms with Crippen LogP contribution in [0.5, 0.6) is 0 Å². The summed E-state index contributed by atoms with van der Waals surface area (Å²) in [5.74, 6) is -0.579. The van der Waals surface area contributed by atoms with Gasteiger partial charge >= 0.3 is 11.9 Å². The Morgan fingerprint density at radius 1 is 0.379 bits per heavy atom. The van der Waals surface area contributed by atoms with Gasteiger partial charge in [-0.1, -0.05) is 231 Å². The van der Waals surface area contributed by atoms with Crippen molar-refractivity contribution in [3.8, 4) is 0 Å². The number of carbonyl (C=O) groups excluding carboxylic acids is 2. The maximum Gasteiger partial charge on any atom is 0.306 e. The van der Waals surface area contributed by atoms with Gasteiger partial charge in [0.15, 0.2) is 6.10 Å². The number of carbonyl (C=O) groups is 2. The molecule has 1 N–H and O–H groups in total. The molecule has 58 heavy (non-hydrogen) atoms. The summed E-state index contributed by atoms with van der Waals surface area (Å²) >= 11 is 0. The van der Waals surface area contributed by atoms with Gasteiger partial charge in [-0.25, -0.2) is 0 Å². The lowest BCUT2D eigenvalue weighted by molar-refractivity contribution is -0.161. The maximum absolute atomic E-state index is 12.3. The highest BCUT2D eigenvalue weighted by Crippen LogP contribution is 2.16. The van der Waals surface area contributed by atoms with E-state index in [1.807, 2.05) is 0 Å². The molecule has 0 spiro atoms. The van der Waals surface area contributed by atoms with Crippen molar-refractivity contribution in [3.05, 3.63) is 24.3 Å². The van der Waals surface area contributed by atoms with Gasteiger partial charge in [0.25, 0.3) is 0 Å². The molecule has 0 aromatic carbocycles. The van der Waals surface area contributed by atoms with Gasteiger partial charge in [-0.3, -0.25) is 9.59 Å². The highest BCUT2D eigenvalue weighted by molar-refractivity contribution is 5.70. The summed E-state index contributed by atoms with van der Waals surface area (Å²) in [6, 6.07) is 0. The molecule has 0 bridgehead atoms. The molecule has 0 rings (SSSR count). The summed E-state index contributed by atoms with van der Waals surface area (Å²) in [6.45, 7) is 4.17. The highest BCUT2D eigenvalue weighted by atomic mass is 16.6. The quantitative estimate of drug-likeness (QED) is 0.0376. The fraction of sp³-hybridized carbons (Fsp3) is 0.887. The third-order valence-electron chi connectivity index (χ3n) is 11.7. The van der Waals surface area contributed by atoms with E-state index in [0.717, 1.165) is 38.5 Å². The summed E-state index contributed by atoms with van der Waals surface area (Å²) in [5.41, 5.74) is 0. The minimum Gasteiger partial charge on any atom is -0.462 e. The SMILES string of the molecule is CCCCCCCC/C=C\CCCCCCCCCCCC(=O)OCC(CO)OC(=O)CCCCCCCCCCCCCCC/C=C\CCCCCCCCCC. The molecule has 5 heteroatoms. The van der Waals surface area contributed by atoms with Crippen LogP contribution in [0, 0.1) is 0 Å². The van der Waals surface area contributed by atoms with E-state index < -0.39 is 6.10 Å². The molecular formula is C53H100O5. The minimum atomic E-state index is -0.769. The zero-order valence-electron chi connectivity index (χ0n) is 39.1. The van der Waals surface area contributed by atoms with Crippen LogP contribution in [0.3, 0.4) is 0 Å². The number of allylic oxidation sites excluding steroid dienone is 4. The van der Waals surface area contributed by atoms with Crippen LogP contribution in [0.15, 0.2) is 24.3 Å². The lowest BCUT2D eigenvalue weighted by Gasteiger charge is -2.15. The molecule has 0 aromatic heterocycles. The molecule has 1 unspecified atom stereocenters. The molecule has 0 saturated heterocycles. The predicted molar refractivity (Wildman–Crippen MR) is 251 cm³/mol. The van der Waals surface area contributed by atoms with Crippen LogP contribution in [0.25, 0.3) is 0 Å². The second kappa shape index (κ2) is 49.7. The van der Waals surface area contributed by atoms with Gasteiger partial charge in [0.05, 0.1) is 6.61 Å². The van der Waals surface area contributed by atoms with Gasteiger partial charge in [-0.15, -0.1) is 0 Å². The third-order valence-corrected chi connectivity index (χ3v) is 11.7. The number of aliphatic hydroxyl groups excluding tert-OH is 1. The fourth-order valence-electron chi connectivity index (χ4n) is 7.78. The van der Waals surface area contributed by atoms with Crippen molar-refractivity contribution < 1.29 is 24.2 Å². The second-order valence-corrected chi connectivity index (χ2v) is 17.6. The van der Waals surface area contributed by atoms with Crippen molar-refractivity contribution in [2.24, 2.45) is 0 Å². The average Bonchev–Trinajstić information content (AvgIpc) is 3.23. The Morgan fingerprint density at radius 3 is 0.931 bits per heavy atom. The minimum absolute atomic E-state index is 0.0624. The second-order valence-electron chi connectivity index (χ2n) is 17.6. The van der Waals surface area contributed by atoms with Crippen LogP contribution in [-0.4, -0.2) is 36.4 Å². The molecular weight excluding hydrogens is 717 g/mol. The van der Waals surface area contributed by atoms with Gasteiger partial charge in [-0.2, -0.15) is 0 Å². The van der Waals surface area contributed by atoms with E-state index in [-0.39, 0.29) is 25.2 Å². The molecule has 0 aliphatic heterocycles. The molecule has 0 saturated carbocycles. The number of esters is 2. The molecule has 0 aromatic rings. The molecule has 0 aliphatic rings. The Bertz CT molecular complexity index is 882. The Hall–Kier alpha value is -1.62. The van der Waals surface area contributed by atoms with E-state index in [1.54, 1.807) is 0 Å². The van der Waals surface area contributed by atoms with E-state index in [2.05, 4.69) is 38.2 Å². The molecule has 0 radical (unpaired) electrons. The molecule has 1 atom stereocenters. The van der Waals surface area contributed by atoms with Crippen molar-refractivity contribution in [2.75, 3.05) is 13.2 Å². The molecule has 0 amide bonds. The number of aliphatic hydroxyl groups is 1. The number of hydrogen-bond donors (Lipinski definition) is 1. The van der Waals surface area contributed by atoms with E-state index in [0.29, 0.717) is 12.8 Å². The van der Waals surface area contributed by atoms with Crippen molar-refractivity contribution in [2.45, 2.75) is 290 Å². The van der Waals surface area contributed by atoms with E-state index in [9.17, 15) is 14.7 Å².